The second kappa shape index (κ2) is 5.11. The van der Waals surface area contributed by atoms with E-state index in [2.05, 4.69) is 0 Å². The molecule has 0 aliphatic heterocycles. The van der Waals surface area contributed by atoms with Gasteiger partial charge in [0, 0.05) is 24.1 Å². The Labute approximate surface area is 125 Å². The summed E-state index contributed by atoms with van der Waals surface area (Å²) in [6.07, 6.45) is 7.02. The van der Waals surface area contributed by atoms with Crippen LogP contribution in [0.5, 0.6) is 0 Å². The van der Waals surface area contributed by atoms with E-state index in [1.54, 1.807) is 12.1 Å². The molecule has 21 heavy (non-hydrogen) atoms. The van der Waals surface area contributed by atoms with Gasteiger partial charge in [-0.15, -0.1) is 0 Å². The van der Waals surface area contributed by atoms with Gasteiger partial charge in [0.2, 0.25) is 5.91 Å². The number of amides is 1. The number of benzene rings is 1. The second-order valence-corrected chi connectivity index (χ2v) is 7.07. The number of hydrogen-bond donors (Lipinski definition) is 0. The van der Waals surface area contributed by atoms with Crippen molar-refractivity contribution in [1.82, 2.24) is 4.90 Å². The van der Waals surface area contributed by atoms with E-state index in [0.29, 0.717) is 30.0 Å². The van der Waals surface area contributed by atoms with Crippen LogP contribution in [0.25, 0.3) is 0 Å². The summed E-state index contributed by atoms with van der Waals surface area (Å²) in [5.74, 6) is 1.70. The molecule has 3 aliphatic rings. The Morgan fingerprint density at radius 1 is 1.14 bits per heavy atom. The molecule has 112 valence electrons. The first-order valence-corrected chi connectivity index (χ1v) is 8.26. The fourth-order valence-corrected chi connectivity index (χ4v) is 4.34. The van der Waals surface area contributed by atoms with Crippen molar-refractivity contribution in [1.29, 1.82) is 0 Å². The van der Waals surface area contributed by atoms with Crippen molar-refractivity contribution in [2.24, 2.45) is 17.8 Å². The van der Waals surface area contributed by atoms with Crippen LogP contribution in [0.15, 0.2) is 24.3 Å². The molecule has 0 spiro atoms. The van der Waals surface area contributed by atoms with Gasteiger partial charge in [-0.3, -0.25) is 4.79 Å². The molecular formula is C18H22FNO. The first kappa shape index (κ1) is 13.3. The van der Waals surface area contributed by atoms with E-state index in [-0.39, 0.29) is 11.7 Å². The van der Waals surface area contributed by atoms with Crippen molar-refractivity contribution in [3.8, 4) is 0 Å². The summed E-state index contributed by atoms with van der Waals surface area (Å²) in [5.41, 5.74) is 0.654. The Kier molecular flexibility index (Phi) is 3.24. The van der Waals surface area contributed by atoms with Gasteiger partial charge >= 0.3 is 0 Å². The molecule has 3 fully saturated rings. The van der Waals surface area contributed by atoms with Crippen LogP contribution in [0.3, 0.4) is 0 Å². The van der Waals surface area contributed by atoms with Crippen molar-refractivity contribution in [3.05, 3.63) is 35.6 Å². The normalized spacial score (nSPS) is 30.6. The molecule has 0 aromatic heterocycles. The third kappa shape index (κ3) is 2.47. The Morgan fingerprint density at radius 2 is 1.95 bits per heavy atom. The lowest BCUT2D eigenvalue weighted by atomic mass is 9.87. The SMILES string of the molecule is O=C(C1CC2CCC1C2)N(Cc1ccccc1F)C1CC1. The van der Waals surface area contributed by atoms with E-state index in [1.807, 2.05) is 11.0 Å². The molecule has 2 nitrogen and oxygen atoms in total. The average molecular weight is 287 g/mol. The lowest BCUT2D eigenvalue weighted by Crippen LogP contribution is -2.39. The topological polar surface area (TPSA) is 20.3 Å². The average Bonchev–Trinajstić information content (AvgIpc) is 3.11. The summed E-state index contributed by atoms with van der Waals surface area (Å²) >= 11 is 0. The monoisotopic (exact) mass is 287 g/mol. The van der Waals surface area contributed by atoms with Crippen molar-refractivity contribution < 1.29 is 9.18 Å². The third-order valence-corrected chi connectivity index (χ3v) is 5.62. The molecule has 3 atom stereocenters. The lowest BCUT2D eigenvalue weighted by Gasteiger charge is -2.29. The van der Waals surface area contributed by atoms with Crippen molar-refractivity contribution >= 4 is 5.91 Å². The highest BCUT2D eigenvalue weighted by Gasteiger charge is 2.46. The van der Waals surface area contributed by atoms with Crippen LogP contribution in [0, 0.1) is 23.6 Å². The van der Waals surface area contributed by atoms with Crippen LogP contribution < -0.4 is 0 Å². The Bertz CT molecular complexity index is 554. The summed E-state index contributed by atoms with van der Waals surface area (Å²) < 4.78 is 13.9. The van der Waals surface area contributed by atoms with Gasteiger partial charge in [0.25, 0.3) is 0 Å². The van der Waals surface area contributed by atoms with E-state index in [1.165, 1.54) is 25.3 Å². The fraction of sp³-hybridized carbons (Fsp3) is 0.611. The Morgan fingerprint density at radius 3 is 2.57 bits per heavy atom. The molecule has 1 amide bonds. The standard InChI is InChI=1S/C18H22FNO/c19-17-4-2-1-3-14(17)11-20(15-7-8-15)18(21)16-10-12-5-6-13(16)9-12/h1-4,12-13,15-16H,5-11H2. The summed E-state index contributed by atoms with van der Waals surface area (Å²) in [6.45, 7) is 0.448. The number of hydrogen-bond acceptors (Lipinski definition) is 1. The molecule has 1 aromatic rings. The van der Waals surface area contributed by atoms with Gasteiger partial charge in [-0.25, -0.2) is 4.39 Å². The van der Waals surface area contributed by atoms with Gasteiger partial charge in [0.05, 0.1) is 0 Å². The molecule has 1 aromatic carbocycles. The molecule has 4 rings (SSSR count). The quantitative estimate of drug-likeness (QED) is 0.826. The highest BCUT2D eigenvalue weighted by atomic mass is 19.1. The van der Waals surface area contributed by atoms with Gasteiger partial charge in [-0.05, 0) is 50.0 Å². The van der Waals surface area contributed by atoms with Crippen molar-refractivity contribution in [2.75, 3.05) is 0 Å². The molecule has 3 aliphatic carbocycles. The Balaban J connectivity index is 1.52. The highest BCUT2D eigenvalue weighted by molar-refractivity contribution is 5.80. The summed E-state index contributed by atoms with van der Waals surface area (Å²) in [4.78, 5) is 14.9. The molecule has 2 bridgehead atoms. The minimum atomic E-state index is -0.191. The maximum Gasteiger partial charge on any atom is 0.226 e. The first-order chi connectivity index (χ1) is 10.2. The van der Waals surface area contributed by atoms with E-state index in [0.717, 1.165) is 25.2 Å². The van der Waals surface area contributed by atoms with E-state index in [9.17, 15) is 9.18 Å². The van der Waals surface area contributed by atoms with Crippen molar-refractivity contribution in [3.63, 3.8) is 0 Å². The molecule has 0 heterocycles. The minimum Gasteiger partial charge on any atom is -0.335 e. The van der Waals surface area contributed by atoms with Gasteiger partial charge in [0.15, 0.2) is 0 Å². The maximum atomic E-state index is 13.9. The molecule has 3 heteroatoms. The van der Waals surface area contributed by atoms with Gasteiger partial charge in [-0.1, -0.05) is 24.6 Å². The van der Waals surface area contributed by atoms with Crippen LogP contribution in [0.2, 0.25) is 0 Å². The first-order valence-electron chi connectivity index (χ1n) is 8.26. The molecule has 0 N–H and O–H groups in total. The maximum absolute atomic E-state index is 13.9. The van der Waals surface area contributed by atoms with Gasteiger partial charge < -0.3 is 4.90 Å². The van der Waals surface area contributed by atoms with Gasteiger partial charge in [0.1, 0.15) is 5.82 Å². The van der Waals surface area contributed by atoms with Crippen LogP contribution in [-0.2, 0) is 11.3 Å². The smallest absolute Gasteiger partial charge is 0.226 e. The molecular weight excluding hydrogens is 265 g/mol. The van der Waals surface area contributed by atoms with Crippen LogP contribution in [0.4, 0.5) is 4.39 Å². The Hall–Kier alpha value is -1.38. The van der Waals surface area contributed by atoms with Gasteiger partial charge in [-0.2, -0.15) is 0 Å². The summed E-state index contributed by atoms with van der Waals surface area (Å²) in [6, 6.07) is 7.21. The number of halogens is 1. The molecule has 0 saturated heterocycles. The van der Waals surface area contributed by atoms with E-state index >= 15 is 0 Å². The van der Waals surface area contributed by atoms with E-state index < -0.39 is 0 Å². The third-order valence-electron chi connectivity index (χ3n) is 5.62. The zero-order chi connectivity index (χ0) is 14.4. The minimum absolute atomic E-state index is 0.191. The van der Waals surface area contributed by atoms with E-state index in [4.69, 9.17) is 0 Å². The number of fused-ring (bicyclic) bond motifs is 2. The highest BCUT2D eigenvalue weighted by Crippen LogP contribution is 2.49. The predicted molar refractivity (Wildman–Crippen MR) is 78.9 cm³/mol. The zero-order valence-corrected chi connectivity index (χ0v) is 12.3. The van der Waals surface area contributed by atoms with Crippen LogP contribution >= 0.6 is 0 Å². The predicted octanol–water partition coefficient (Wildman–Crippen LogP) is 3.75. The number of nitrogens with zero attached hydrogens (tertiary/aromatic N) is 1. The van der Waals surface area contributed by atoms with Crippen LogP contribution in [-0.4, -0.2) is 16.8 Å². The van der Waals surface area contributed by atoms with Crippen molar-refractivity contribution in [2.45, 2.75) is 51.1 Å². The fourth-order valence-electron chi connectivity index (χ4n) is 4.34. The largest absolute Gasteiger partial charge is 0.335 e. The molecule has 0 radical (unpaired) electrons. The molecule has 3 saturated carbocycles. The molecule has 3 unspecified atom stereocenters. The van der Waals surface area contributed by atoms with Crippen LogP contribution in [0.1, 0.15) is 44.1 Å². The number of rotatable bonds is 4. The number of carbonyl (C=O) groups excluding carboxylic acids is 1. The number of carbonyl (C=O) groups is 1. The summed E-state index contributed by atoms with van der Waals surface area (Å²) in [5, 5.41) is 0. The zero-order valence-electron chi connectivity index (χ0n) is 12.3. The summed E-state index contributed by atoms with van der Waals surface area (Å²) in [7, 11) is 0. The second-order valence-electron chi connectivity index (χ2n) is 7.07. The lowest BCUT2D eigenvalue weighted by molar-refractivity contribution is -0.138.